The summed E-state index contributed by atoms with van der Waals surface area (Å²) < 4.78 is 0.767. The standard InChI is InChI=1S/C14H13BrN2O/c1-9-5-6-11(10(2)8-9)14(18)17-13-12(15)4-3-7-16-13/h3-8H,1-2H3,(H,16,17,18). The SMILES string of the molecule is Cc1ccc(C(=O)Nc2ncccc2Br)c(C)c1. The van der Waals surface area contributed by atoms with Gasteiger partial charge < -0.3 is 5.32 Å². The summed E-state index contributed by atoms with van der Waals surface area (Å²) in [5.41, 5.74) is 2.76. The minimum Gasteiger partial charge on any atom is -0.306 e. The number of carbonyl (C=O) groups excluding carboxylic acids is 1. The molecule has 0 aliphatic carbocycles. The van der Waals surface area contributed by atoms with Gasteiger partial charge in [-0.3, -0.25) is 4.79 Å². The molecule has 0 fully saturated rings. The number of hydrogen-bond acceptors (Lipinski definition) is 2. The highest BCUT2D eigenvalue weighted by molar-refractivity contribution is 9.10. The maximum absolute atomic E-state index is 12.1. The highest BCUT2D eigenvalue weighted by Gasteiger charge is 2.11. The van der Waals surface area contributed by atoms with Gasteiger partial charge in [-0.25, -0.2) is 4.98 Å². The molecule has 2 rings (SSSR count). The zero-order chi connectivity index (χ0) is 13.1. The normalized spacial score (nSPS) is 10.2. The van der Waals surface area contributed by atoms with E-state index < -0.39 is 0 Å². The number of benzene rings is 1. The van der Waals surface area contributed by atoms with Crippen molar-refractivity contribution in [1.82, 2.24) is 4.98 Å². The summed E-state index contributed by atoms with van der Waals surface area (Å²) in [4.78, 5) is 16.2. The van der Waals surface area contributed by atoms with Crippen molar-refractivity contribution in [3.8, 4) is 0 Å². The molecule has 2 aromatic rings. The quantitative estimate of drug-likeness (QED) is 0.919. The fourth-order valence-corrected chi connectivity index (χ4v) is 2.08. The molecule has 1 N–H and O–H groups in total. The van der Waals surface area contributed by atoms with Gasteiger partial charge in [0.15, 0.2) is 0 Å². The summed E-state index contributed by atoms with van der Waals surface area (Å²) >= 11 is 3.35. The van der Waals surface area contributed by atoms with Gasteiger partial charge in [0.1, 0.15) is 5.82 Å². The van der Waals surface area contributed by atoms with E-state index >= 15 is 0 Å². The third-order valence-corrected chi connectivity index (χ3v) is 3.26. The molecule has 0 saturated heterocycles. The van der Waals surface area contributed by atoms with Crippen molar-refractivity contribution in [3.63, 3.8) is 0 Å². The average Bonchev–Trinajstić information content (AvgIpc) is 2.32. The molecule has 0 atom stereocenters. The Morgan fingerprint density at radius 2 is 2.06 bits per heavy atom. The van der Waals surface area contributed by atoms with Gasteiger partial charge in [-0.05, 0) is 53.5 Å². The number of aromatic nitrogens is 1. The maximum atomic E-state index is 12.1. The van der Waals surface area contributed by atoms with Crippen molar-refractivity contribution in [2.45, 2.75) is 13.8 Å². The van der Waals surface area contributed by atoms with Crippen LogP contribution in [0.1, 0.15) is 21.5 Å². The lowest BCUT2D eigenvalue weighted by atomic mass is 10.1. The molecule has 0 spiro atoms. The number of anilines is 1. The van der Waals surface area contributed by atoms with Gasteiger partial charge in [0.25, 0.3) is 5.91 Å². The zero-order valence-electron chi connectivity index (χ0n) is 10.2. The Bertz CT molecular complexity index is 596. The lowest BCUT2D eigenvalue weighted by Gasteiger charge is -2.08. The van der Waals surface area contributed by atoms with E-state index in [0.717, 1.165) is 15.6 Å². The summed E-state index contributed by atoms with van der Waals surface area (Å²) in [6.45, 7) is 3.93. The number of halogens is 1. The van der Waals surface area contributed by atoms with E-state index in [2.05, 4.69) is 26.2 Å². The monoisotopic (exact) mass is 304 g/mol. The van der Waals surface area contributed by atoms with Crippen LogP contribution < -0.4 is 5.32 Å². The van der Waals surface area contributed by atoms with Gasteiger partial charge in [0.05, 0.1) is 4.47 Å². The molecule has 1 aromatic heterocycles. The molecular formula is C14H13BrN2O. The Kier molecular flexibility index (Phi) is 3.77. The van der Waals surface area contributed by atoms with Crippen molar-refractivity contribution in [2.24, 2.45) is 0 Å². The van der Waals surface area contributed by atoms with E-state index in [1.807, 2.05) is 38.1 Å². The fraction of sp³-hybridized carbons (Fsp3) is 0.143. The second-order valence-electron chi connectivity index (χ2n) is 4.11. The van der Waals surface area contributed by atoms with Gasteiger partial charge in [-0.2, -0.15) is 0 Å². The molecule has 0 aliphatic heterocycles. The first-order chi connectivity index (χ1) is 8.58. The largest absolute Gasteiger partial charge is 0.306 e. The van der Waals surface area contributed by atoms with Crippen LogP contribution in [0.2, 0.25) is 0 Å². The molecule has 1 amide bonds. The molecule has 3 nitrogen and oxygen atoms in total. The summed E-state index contributed by atoms with van der Waals surface area (Å²) in [7, 11) is 0. The number of carbonyl (C=O) groups is 1. The summed E-state index contributed by atoms with van der Waals surface area (Å²) in [6.07, 6.45) is 1.64. The van der Waals surface area contributed by atoms with E-state index in [9.17, 15) is 4.79 Å². The Balaban J connectivity index is 2.25. The van der Waals surface area contributed by atoms with Crippen LogP contribution in [0, 0.1) is 13.8 Å². The van der Waals surface area contributed by atoms with Crippen LogP contribution in [0.3, 0.4) is 0 Å². The zero-order valence-corrected chi connectivity index (χ0v) is 11.8. The summed E-state index contributed by atoms with van der Waals surface area (Å²) in [5, 5.41) is 2.79. The predicted octanol–water partition coefficient (Wildman–Crippen LogP) is 3.71. The molecule has 18 heavy (non-hydrogen) atoms. The van der Waals surface area contributed by atoms with Crippen molar-refractivity contribution in [2.75, 3.05) is 5.32 Å². The minimum atomic E-state index is -0.146. The lowest BCUT2D eigenvalue weighted by molar-refractivity contribution is 0.102. The topological polar surface area (TPSA) is 42.0 Å². The molecule has 0 radical (unpaired) electrons. The molecule has 1 aromatic carbocycles. The summed E-state index contributed by atoms with van der Waals surface area (Å²) in [5.74, 6) is 0.384. The lowest BCUT2D eigenvalue weighted by Crippen LogP contribution is -2.14. The highest BCUT2D eigenvalue weighted by atomic mass is 79.9. The van der Waals surface area contributed by atoms with Crippen molar-refractivity contribution < 1.29 is 4.79 Å². The van der Waals surface area contributed by atoms with E-state index in [1.165, 1.54) is 0 Å². The van der Waals surface area contributed by atoms with E-state index in [4.69, 9.17) is 0 Å². The Hall–Kier alpha value is -1.68. The van der Waals surface area contributed by atoms with Gasteiger partial charge in [-0.1, -0.05) is 17.7 Å². The Morgan fingerprint density at radius 1 is 1.28 bits per heavy atom. The number of amides is 1. The number of pyridine rings is 1. The molecule has 1 heterocycles. The first kappa shape index (κ1) is 12.8. The van der Waals surface area contributed by atoms with Crippen molar-refractivity contribution >= 4 is 27.7 Å². The molecule has 0 bridgehead atoms. The number of nitrogens with one attached hydrogen (secondary N) is 1. The Morgan fingerprint density at radius 3 is 2.72 bits per heavy atom. The van der Waals surface area contributed by atoms with E-state index in [-0.39, 0.29) is 5.91 Å². The third-order valence-electron chi connectivity index (χ3n) is 2.62. The average molecular weight is 305 g/mol. The van der Waals surface area contributed by atoms with Crippen LogP contribution in [0.15, 0.2) is 41.0 Å². The Labute approximate surface area is 114 Å². The molecule has 0 aliphatic rings. The fourth-order valence-electron chi connectivity index (χ4n) is 1.72. The smallest absolute Gasteiger partial charge is 0.257 e. The second-order valence-corrected chi connectivity index (χ2v) is 4.96. The molecule has 0 saturated carbocycles. The number of hydrogen-bond donors (Lipinski definition) is 1. The van der Waals surface area contributed by atoms with Crippen molar-refractivity contribution in [3.05, 3.63) is 57.7 Å². The van der Waals surface area contributed by atoms with E-state index in [1.54, 1.807) is 12.3 Å². The molecule has 92 valence electrons. The number of nitrogens with zero attached hydrogens (tertiary/aromatic N) is 1. The van der Waals surface area contributed by atoms with Gasteiger partial charge in [0.2, 0.25) is 0 Å². The van der Waals surface area contributed by atoms with Crippen LogP contribution in [0.5, 0.6) is 0 Å². The summed E-state index contributed by atoms with van der Waals surface area (Å²) in [6, 6.07) is 9.39. The van der Waals surface area contributed by atoms with Crippen LogP contribution in [0.25, 0.3) is 0 Å². The highest BCUT2D eigenvalue weighted by Crippen LogP contribution is 2.20. The van der Waals surface area contributed by atoms with Gasteiger partial charge in [-0.15, -0.1) is 0 Å². The molecular weight excluding hydrogens is 292 g/mol. The van der Waals surface area contributed by atoms with E-state index in [0.29, 0.717) is 11.4 Å². The number of rotatable bonds is 2. The van der Waals surface area contributed by atoms with Crippen LogP contribution in [-0.2, 0) is 0 Å². The number of aryl methyl sites for hydroxylation is 2. The van der Waals surface area contributed by atoms with Gasteiger partial charge >= 0.3 is 0 Å². The minimum absolute atomic E-state index is 0.146. The third kappa shape index (κ3) is 2.76. The van der Waals surface area contributed by atoms with Crippen LogP contribution in [-0.4, -0.2) is 10.9 Å². The first-order valence-electron chi connectivity index (χ1n) is 5.57. The first-order valence-corrected chi connectivity index (χ1v) is 6.36. The predicted molar refractivity (Wildman–Crippen MR) is 75.8 cm³/mol. The molecule has 0 unspecified atom stereocenters. The van der Waals surface area contributed by atoms with Gasteiger partial charge in [0, 0.05) is 11.8 Å². The second kappa shape index (κ2) is 5.31. The van der Waals surface area contributed by atoms with Crippen LogP contribution in [0.4, 0.5) is 5.82 Å². The maximum Gasteiger partial charge on any atom is 0.257 e. The van der Waals surface area contributed by atoms with Crippen molar-refractivity contribution in [1.29, 1.82) is 0 Å². The molecule has 4 heteroatoms. The van der Waals surface area contributed by atoms with Crippen LogP contribution >= 0.6 is 15.9 Å².